The number of ether oxygens (including phenoxy) is 1. The average Bonchev–Trinajstić information content (AvgIpc) is 3.29. The minimum absolute atomic E-state index is 0.0588. The second-order valence-corrected chi connectivity index (χ2v) is 7.48. The number of nitrogens with one attached hydrogen (secondary N) is 1. The minimum atomic E-state index is -0.171. The molecule has 1 saturated heterocycles. The summed E-state index contributed by atoms with van der Waals surface area (Å²) < 4.78 is 5.85. The van der Waals surface area contributed by atoms with Crippen LogP contribution in [0.15, 0.2) is 72.1 Å². The van der Waals surface area contributed by atoms with Gasteiger partial charge in [0.2, 0.25) is 0 Å². The molecule has 6 heteroatoms. The molecule has 0 saturated carbocycles. The summed E-state index contributed by atoms with van der Waals surface area (Å²) in [4.78, 5) is 27.7. The molecule has 0 spiro atoms. The van der Waals surface area contributed by atoms with Crippen molar-refractivity contribution in [2.24, 2.45) is 0 Å². The van der Waals surface area contributed by atoms with E-state index >= 15 is 0 Å². The molecule has 0 aliphatic carbocycles. The number of morpholine rings is 1. The Hall–Kier alpha value is -2.96. The molecule has 4 rings (SSSR count). The van der Waals surface area contributed by atoms with Crippen LogP contribution in [0.3, 0.4) is 0 Å². The van der Waals surface area contributed by atoms with E-state index in [9.17, 15) is 9.59 Å². The van der Waals surface area contributed by atoms with Gasteiger partial charge in [-0.15, -0.1) is 11.3 Å². The standard InChI is InChI=1S/C22H20N2O3S/c25-21(20-10-5-13-28-20)23-18-9-4-8-17(14-18)22(26)24-11-12-27-19(15-24)16-6-2-1-3-7-16/h1-10,13-14,19H,11-12,15H2,(H,23,25). The van der Waals surface area contributed by atoms with Crippen molar-refractivity contribution in [1.82, 2.24) is 4.90 Å². The number of anilines is 1. The molecule has 2 amide bonds. The quantitative estimate of drug-likeness (QED) is 0.723. The van der Waals surface area contributed by atoms with Gasteiger partial charge in [-0.1, -0.05) is 42.5 Å². The molecule has 28 heavy (non-hydrogen) atoms. The van der Waals surface area contributed by atoms with Crippen LogP contribution in [-0.4, -0.2) is 36.4 Å². The fourth-order valence-electron chi connectivity index (χ4n) is 3.22. The summed E-state index contributed by atoms with van der Waals surface area (Å²) in [6, 6.07) is 20.6. The van der Waals surface area contributed by atoms with Gasteiger partial charge in [-0.05, 0) is 35.2 Å². The zero-order chi connectivity index (χ0) is 19.3. The summed E-state index contributed by atoms with van der Waals surface area (Å²) in [6.07, 6.45) is -0.124. The first-order valence-corrected chi connectivity index (χ1v) is 9.99. The number of thiophene rings is 1. The van der Waals surface area contributed by atoms with Crippen LogP contribution < -0.4 is 5.32 Å². The maximum Gasteiger partial charge on any atom is 0.265 e. The third-order valence-electron chi connectivity index (χ3n) is 4.64. The molecule has 2 heterocycles. The highest BCUT2D eigenvalue weighted by atomic mass is 32.1. The Morgan fingerprint density at radius 3 is 2.68 bits per heavy atom. The number of rotatable bonds is 4. The largest absolute Gasteiger partial charge is 0.370 e. The Kier molecular flexibility index (Phi) is 5.50. The Balaban J connectivity index is 1.46. The molecule has 2 aromatic carbocycles. The van der Waals surface area contributed by atoms with Crippen molar-refractivity contribution >= 4 is 28.8 Å². The smallest absolute Gasteiger partial charge is 0.265 e. The summed E-state index contributed by atoms with van der Waals surface area (Å²) in [7, 11) is 0. The molecular weight excluding hydrogens is 372 g/mol. The van der Waals surface area contributed by atoms with Gasteiger partial charge in [0.25, 0.3) is 11.8 Å². The monoisotopic (exact) mass is 392 g/mol. The Morgan fingerprint density at radius 2 is 1.89 bits per heavy atom. The predicted molar refractivity (Wildman–Crippen MR) is 110 cm³/mol. The summed E-state index contributed by atoms with van der Waals surface area (Å²) in [5.74, 6) is -0.230. The SMILES string of the molecule is O=C(Nc1cccc(C(=O)N2CCOC(c3ccccc3)C2)c1)c1cccs1. The van der Waals surface area contributed by atoms with Crippen molar-refractivity contribution in [3.63, 3.8) is 0 Å². The molecular formula is C22H20N2O3S. The first-order valence-electron chi connectivity index (χ1n) is 9.11. The lowest BCUT2D eigenvalue weighted by atomic mass is 10.1. The third kappa shape index (κ3) is 4.13. The van der Waals surface area contributed by atoms with Crippen LogP contribution in [0.25, 0.3) is 0 Å². The number of hydrogen-bond acceptors (Lipinski definition) is 4. The maximum absolute atomic E-state index is 13.0. The molecule has 5 nitrogen and oxygen atoms in total. The Bertz CT molecular complexity index is 957. The number of benzene rings is 2. The highest BCUT2D eigenvalue weighted by molar-refractivity contribution is 7.12. The van der Waals surface area contributed by atoms with Gasteiger partial charge in [-0.3, -0.25) is 9.59 Å². The summed E-state index contributed by atoms with van der Waals surface area (Å²) >= 11 is 1.38. The molecule has 1 N–H and O–H groups in total. The second kappa shape index (κ2) is 8.37. The minimum Gasteiger partial charge on any atom is -0.370 e. The van der Waals surface area contributed by atoms with E-state index in [1.54, 1.807) is 35.2 Å². The zero-order valence-corrected chi connectivity index (χ0v) is 16.0. The van der Waals surface area contributed by atoms with Gasteiger partial charge >= 0.3 is 0 Å². The van der Waals surface area contributed by atoms with Crippen LogP contribution in [0.4, 0.5) is 5.69 Å². The van der Waals surface area contributed by atoms with Crippen molar-refractivity contribution in [1.29, 1.82) is 0 Å². The van der Waals surface area contributed by atoms with E-state index in [1.165, 1.54) is 11.3 Å². The molecule has 1 fully saturated rings. The van der Waals surface area contributed by atoms with Gasteiger partial charge in [0, 0.05) is 17.8 Å². The number of hydrogen-bond donors (Lipinski definition) is 1. The van der Waals surface area contributed by atoms with Gasteiger partial charge in [0.1, 0.15) is 6.10 Å². The van der Waals surface area contributed by atoms with Gasteiger partial charge in [-0.25, -0.2) is 0 Å². The van der Waals surface area contributed by atoms with Gasteiger partial charge in [0.05, 0.1) is 18.0 Å². The van der Waals surface area contributed by atoms with Crippen molar-refractivity contribution in [3.8, 4) is 0 Å². The fraction of sp³-hybridized carbons (Fsp3) is 0.182. The van der Waals surface area contributed by atoms with E-state index in [1.807, 2.05) is 41.8 Å². The maximum atomic E-state index is 13.0. The topological polar surface area (TPSA) is 58.6 Å². The highest BCUT2D eigenvalue weighted by Gasteiger charge is 2.26. The molecule has 1 unspecified atom stereocenters. The first kappa shape index (κ1) is 18.4. The molecule has 1 atom stereocenters. The molecule has 142 valence electrons. The van der Waals surface area contributed by atoms with Gasteiger partial charge in [-0.2, -0.15) is 0 Å². The number of amides is 2. The van der Waals surface area contributed by atoms with Crippen LogP contribution in [0.2, 0.25) is 0 Å². The lowest BCUT2D eigenvalue weighted by Gasteiger charge is -2.33. The molecule has 1 aliphatic heterocycles. The Morgan fingerprint density at radius 1 is 1.04 bits per heavy atom. The fourth-order valence-corrected chi connectivity index (χ4v) is 3.84. The Labute approximate surface area is 167 Å². The summed E-state index contributed by atoms with van der Waals surface area (Å²) in [5, 5.41) is 4.71. The third-order valence-corrected chi connectivity index (χ3v) is 5.51. The van der Waals surface area contributed by atoms with Crippen LogP contribution in [0.5, 0.6) is 0 Å². The van der Waals surface area contributed by atoms with E-state index in [0.29, 0.717) is 35.8 Å². The van der Waals surface area contributed by atoms with Gasteiger partial charge in [0.15, 0.2) is 0 Å². The van der Waals surface area contributed by atoms with Crippen LogP contribution in [0.1, 0.15) is 31.7 Å². The number of nitrogens with zero attached hydrogens (tertiary/aromatic N) is 1. The highest BCUT2D eigenvalue weighted by Crippen LogP contribution is 2.24. The number of carbonyl (C=O) groups excluding carboxylic acids is 2. The van der Waals surface area contributed by atoms with Crippen molar-refractivity contribution in [3.05, 3.63) is 88.1 Å². The molecule has 1 aliphatic rings. The summed E-state index contributed by atoms with van der Waals surface area (Å²) in [5.41, 5.74) is 2.23. The number of carbonyl (C=O) groups is 2. The van der Waals surface area contributed by atoms with E-state index in [4.69, 9.17) is 4.74 Å². The van der Waals surface area contributed by atoms with E-state index in [0.717, 1.165) is 5.56 Å². The molecule has 0 radical (unpaired) electrons. The van der Waals surface area contributed by atoms with Crippen LogP contribution in [-0.2, 0) is 4.74 Å². The van der Waals surface area contributed by atoms with E-state index in [2.05, 4.69) is 5.32 Å². The van der Waals surface area contributed by atoms with Crippen LogP contribution >= 0.6 is 11.3 Å². The lowest BCUT2D eigenvalue weighted by molar-refractivity contribution is -0.0228. The molecule has 1 aromatic heterocycles. The van der Waals surface area contributed by atoms with Crippen molar-refractivity contribution in [2.45, 2.75) is 6.10 Å². The zero-order valence-electron chi connectivity index (χ0n) is 15.2. The lowest BCUT2D eigenvalue weighted by Crippen LogP contribution is -2.42. The first-order chi connectivity index (χ1) is 13.7. The summed E-state index contributed by atoms with van der Waals surface area (Å²) in [6.45, 7) is 1.56. The van der Waals surface area contributed by atoms with Crippen molar-refractivity contribution < 1.29 is 14.3 Å². The van der Waals surface area contributed by atoms with Crippen LogP contribution in [0, 0.1) is 0 Å². The molecule has 3 aromatic rings. The van der Waals surface area contributed by atoms with Crippen molar-refractivity contribution in [2.75, 3.05) is 25.0 Å². The normalized spacial score (nSPS) is 16.6. The molecule has 0 bridgehead atoms. The second-order valence-electron chi connectivity index (χ2n) is 6.53. The van der Waals surface area contributed by atoms with E-state index < -0.39 is 0 Å². The average molecular weight is 392 g/mol. The predicted octanol–water partition coefficient (Wildman–Crippen LogP) is 4.21. The van der Waals surface area contributed by atoms with Gasteiger partial charge < -0.3 is 15.0 Å². The van der Waals surface area contributed by atoms with E-state index in [-0.39, 0.29) is 17.9 Å².